The van der Waals surface area contributed by atoms with E-state index in [1.807, 2.05) is 0 Å². The second kappa shape index (κ2) is 5.77. The molecule has 0 atom stereocenters. The van der Waals surface area contributed by atoms with Crippen molar-refractivity contribution < 1.29 is 4.79 Å². The third-order valence-corrected chi connectivity index (χ3v) is 2.82. The second-order valence-corrected chi connectivity index (χ2v) is 4.91. The number of hydrogen-bond donors (Lipinski definition) is 2. The zero-order chi connectivity index (χ0) is 12.9. The SMILES string of the molecule is CCC(C)(C)CNC(=O)Cn1cc(CN)nn1. The Kier molecular flexibility index (Phi) is 4.62. The molecule has 0 aromatic carbocycles. The van der Waals surface area contributed by atoms with Crippen molar-refractivity contribution >= 4 is 5.91 Å². The van der Waals surface area contributed by atoms with E-state index >= 15 is 0 Å². The molecule has 1 rings (SSSR count). The number of aromatic nitrogens is 3. The van der Waals surface area contributed by atoms with Gasteiger partial charge >= 0.3 is 0 Å². The van der Waals surface area contributed by atoms with Crippen LogP contribution in [-0.2, 0) is 17.9 Å². The summed E-state index contributed by atoms with van der Waals surface area (Å²) in [7, 11) is 0. The van der Waals surface area contributed by atoms with Crippen LogP contribution >= 0.6 is 0 Å². The molecule has 6 heteroatoms. The Morgan fingerprint density at radius 3 is 2.82 bits per heavy atom. The van der Waals surface area contributed by atoms with Crippen LogP contribution in [0.2, 0.25) is 0 Å². The highest BCUT2D eigenvalue weighted by atomic mass is 16.2. The lowest BCUT2D eigenvalue weighted by molar-refractivity contribution is -0.122. The van der Waals surface area contributed by atoms with Crippen molar-refractivity contribution in [2.24, 2.45) is 11.1 Å². The van der Waals surface area contributed by atoms with Gasteiger partial charge in [0.05, 0.1) is 11.9 Å². The molecule has 1 aromatic rings. The molecule has 0 spiro atoms. The first-order valence-electron chi connectivity index (χ1n) is 5.82. The van der Waals surface area contributed by atoms with Crippen molar-refractivity contribution in [2.45, 2.75) is 40.3 Å². The minimum Gasteiger partial charge on any atom is -0.354 e. The van der Waals surface area contributed by atoms with E-state index in [1.54, 1.807) is 6.20 Å². The lowest BCUT2D eigenvalue weighted by Crippen LogP contribution is -2.35. The highest BCUT2D eigenvalue weighted by molar-refractivity contribution is 5.75. The second-order valence-electron chi connectivity index (χ2n) is 4.91. The molecule has 1 amide bonds. The quantitative estimate of drug-likeness (QED) is 0.747. The van der Waals surface area contributed by atoms with Gasteiger partial charge in [-0.1, -0.05) is 26.0 Å². The molecule has 6 nitrogen and oxygen atoms in total. The fourth-order valence-electron chi connectivity index (χ4n) is 1.18. The van der Waals surface area contributed by atoms with Crippen LogP contribution in [0.15, 0.2) is 6.20 Å². The Labute approximate surface area is 102 Å². The summed E-state index contributed by atoms with van der Waals surface area (Å²) in [5, 5.41) is 10.5. The van der Waals surface area contributed by atoms with Gasteiger partial charge in [0.15, 0.2) is 0 Å². The largest absolute Gasteiger partial charge is 0.354 e. The predicted octanol–water partition coefficient (Wildman–Crippen LogP) is 0.289. The maximum absolute atomic E-state index is 11.6. The molecule has 1 heterocycles. The van der Waals surface area contributed by atoms with E-state index in [1.165, 1.54) is 4.68 Å². The van der Waals surface area contributed by atoms with Crippen LogP contribution in [0, 0.1) is 5.41 Å². The molecule has 0 aliphatic heterocycles. The first-order valence-corrected chi connectivity index (χ1v) is 5.82. The fourth-order valence-corrected chi connectivity index (χ4v) is 1.18. The van der Waals surface area contributed by atoms with Crippen LogP contribution in [0.4, 0.5) is 0 Å². The highest BCUT2D eigenvalue weighted by Gasteiger charge is 2.16. The maximum Gasteiger partial charge on any atom is 0.241 e. The van der Waals surface area contributed by atoms with Crippen molar-refractivity contribution in [3.05, 3.63) is 11.9 Å². The standard InChI is InChI=1S/C11H21N5O/c1-4-11(2,3)8-13-10(17)7-16-6-9(5-12)14-15-16/h6H,4-5,7-8,12H2,1-3H3,(H,13,17). The zero-order valence-electron chi connectivity index (χ0n) is 10.7. The molecular weight excluding hydrogens is 218 g/mol. The van der Waals surface area contributed by atoms with Gasteiger partial charge < -0.3 is 11.1 Å². The Morgan fingerprint density at radius 2 is 2.29 bits per heavy atom. The molecule has 96 valence electrons. The zero-order valence-corrected chi connectivity index (χ0v) is 10.7. The van der Waals surface area contributed by atoms with Crippen LogP contribution in [0.3, 0.4) is 0 Å². The number of nitrogens with two attached hydrogens (primary N) is 1. The minimum atomic E-state index is -0.0556. The third-order valence-electron chi connectivity index (χ3n) is 2.82. The van der Waals surface area contributed by atoms with Crippen molar-refractivity contribution in [1.29, 1.82) is 0 Å². The molecule has 0 saturated heterocycles. The van der Waals surface area contributed by atoms with E-state index < -0.39 is 0 Å². The van der Waals surface area contributed by atoms with E-state index in [4.69, 9.17) is 5.73 Å². The summed E-state index contributed by atoms with van der Waals surface area (Å²) in [4.78, 5) is 11.6. The molecular formula is C11H21N5O. The van der Waals surface area contributed by atoms with E-state index in [0.717, 1.165) is 6.42 Å². The lowest BCUT2D eigenvalue weighted by atomic mass is 9.90. The third kappa shape index (κ3) is 4.52. The van der Waals surface area contributed by atoms with Gasteiger partial charge in [-0.15, -0.1) is 5.10 Å². The van der Waals surface area contributed by atoms with E-state index in [9.17, 15) is 4.79 Å². The van der Waals surface area contributed by atoms with Crippen molar-refractivity contribution in [1.82, 2.24) is 20.3 Å². The van der Waals surface area contributed by atoms with Crippen LogP contribution in [0.5, 0.6) is 0 Å². The number of carbonyl (C=O) groups is 1. The van der Waals surface area contributed by atoms with Crippen LogP contribution in [-0.4, -0.2) is 27.4 Å². The van der Waals surface area contributed by atoms with Gasteiger partial charge in [-0.2, -0.15) is 0 Å². The van der Waals surface area contributed by atoms with Crippen molar-refractivity contribution in [3.8, 4) is 0 Å². The highest BCUT2D eigenvalue weighted by Crippen LogP contribution is 2.17. The van der Waals surface area contributed by atoms with Gasteiger partial charge in [0.2, 0.25) is 5.91 Å². The Bertz CT molecular complexity index is 372. The fraction of sp³-hybridized carbons (Fsp3) is 0.727. The summed E-state index contributed by atoms with van der Waals surface area (Å²) in [6.45, 7) is 7.54. The van der Waals surface area contributed by atoms with Crippen LogP contribution in [0.1, 0.15) is 32.9 Å². The maximum atomic E-state index is 11.6. The summed E-state index contributed by atoms with van der Waals surface area (Å²) in [5.41, 5.74) is 6.22. The van der Waals surface area contributed by atoms with Gasteiger partial charge in [0.25, 0.3) is 0 Å². The molecule has 0 aliphatic rings. The van der Waals surface area contributed by atoms with E-state index in [2.05, 4.69) is 36.4 Å². The average Bonchev–Trinajstić information content (AvgIpc) is 2.74. The number of hydrogen-bond acceptors (Lipinski definition) is 4. The van der Waals surface area contributed by atoms with Gasteiger partial charge in [-0.25, -0.2) is 4.68 Å². The smallest absolute Gasteiger partial charge is 0.241 e. The summed E-state index contributed by atoms with van der Waals surface area (Å²) >= 11 is 0. The number of nitrogens with one attached hydrogen (secondary N) is 1. The van der Waals surface area contributed by atoms with Gasteiger partial charge in [-0.05, 0) is 11.8 Å². The number of carbonyl (C=O) groups excluding carboxylic acids is 1. The number of nitrogens with zero attached hydrogens (tertiary/aromatic N) is 3. The van der Waals surface area contributed by atoms with Crippen molar-refractivity contribution in [3.63, 3.8) is 0 Å². The summed E-state index contributed by atoms with van der Waals surface area (Å²) in [6, 6.07) is 0. The Hall–Kier alpha value is -1.43. The first-order chi connectivity index (χ1) is 7.96. The van der Waals surface area contributed by atoms with Gasteiger partial charge in [0.1, 0.15) is 6.54 Å². The summed E-state index contributed by atoms with van der Waals surface area (Å²) in [6.07, 6.45) is 2.71. The lowest BCUT2D eigenvalue weighted by Gasteiger charge is -2.22. The van der Waals surface area contributed by atoms with Crippen LogP contribution in [0.25, 0.3) is 0 Å². The normalized spacial score (nSPS) is 11.5. The van der Waals surface area contributed by atoms with E-state index in [0.29, 0.717) is 18.8 Å². The molecule has 0 aliphatic carbocycles. The molecule has 0 radical (unpaired) electrons. The van der Waals surface area contributed by atoms with Gasteiger partial charge in [-0.3, -0.25) is 4.79 Å². The van der Waals surface area contributed by atoms with Gasteiger partial charge in [0, 0.05) is 13.1 Å². The Morgan fingerprint density at radius 1 is 1.59 bits per heavy atom. The topological polar surface area (TPSA) is 85.8 Å². The molecule has 0 bridgehead atoms. The molecule has 1 aromatic heterocycles. The molecule has 0 fully saturated rings. The monoisotopic (exact) mass is 239 g/mol. The predicted molar refractivity (Wildman–Crippen MR) is 65.0 cm³/mol. The molecule has 3 N–H and O–H groups in total. The minimum absolute atomic E-state index is 0.0556. The Balaban J connectivity index is 2.39. The van der Waals surface area contributed by atoms with Crippen LogP contribution < -0.4 is 11.1 Å². The summed E-state index contributed by atoms with van der Waals surface area (Å²) < 4.78 is 1.50. The summed E-state index contributed by atoms with van der Waals surface area (Å²) in [5.74, 6) is -0.0556. The number of rotatable bonds is 6. The van der Waals surface area contributed by atoms with E-state index in [-0.39, 0.29) is 17.9 Å². The van der Waals surface area contributed by atoms with Crippen molar-refractivity contribution in [2.75, 3.05) is 6.54 Å². The molecule has 0 unspecified atom stereocenters. The number of amides is 1. The molecule has 0 saturated carbocycles. The first kappa shape index (κ1) is 13.6. The average molecular weight is 239 g/mol. The molecule has 17 heavy (non-hydrogen) atoms.